The van der Waals surface area contributed by atoms with Crippen LogP contribution in [0.2, 0.25) is 0 Å². The van der Waals surface area contributed by atoms with E-state index in [4.69, 9.17) is 0 Å². The molecule has 20 heavy (non-hydrogen) atoms. The van der Waals surface area contributed by atoms with Gasteiger partial charge in [0.2, 0.25) is 0 Å². The monoisotopic (exact) mass is 276 g/mol. The van der Waals surface area contributed by atoms with E-state index in [1.807, 2.05) is 0 Å². The van der Waals surface area contributed by atoms with Crippen molar-refractivity contribution >= 4 is 5.69 Å². The molecule has 0 bridgehead atoms. The van der Waals surface area contributed by atoms with Crippen molar-refractivity contribution in [3.8, 4) is 0 Å². The number of nitrogens with zero attached hydrogens (tertiary/aromatic N) is 1. The SMILES string of the molecule is CCN(CCCCCCNC(C)C)c1cccc(C)c1. The van der Waals surface area contributed by atoms with Gasteiger partial charge in [0.1, 0.15) is 0 Å². The van der Waals surface area contributed by atoms with E-state index in [9.17, 15) is 0 Å². The minimum absolute atomic E-state index is 0.618. The van der Waals surface area contributed by atoms with Gasteiger partial charge in [0.25, 0.3) is 0 Å². The molecule has 0 atom stereocenters. The molecule has 2 heteroatoms. The average Bonchev–Trinajstić information content (AvgIpc) is 2.41. The number of rotatable bonds is 10. The van der Waals surface area contributed by atoms with Gasteiger partial charge in [0, 0.05) is 24.8 Å². The number of hydrogen-bond donors (Lipinski definition) is 1. The van der Waals surface area contributed by atoms with Gasteiger partial charge in [-0.05, 0) is 50.9 Å². The highest BCUT2D eigenvalue weighted by atomic mass is 15.1. The number of aryl methyl sites for hydroxylation is 1. The van der Waals surface area contributed by atoms with Crippen molar-refractivity contribution in [2.24, 2.45) is 0 Å². The minimum Gasteiger partial charge on any atom is -0.372 e. The molecule has 1 rings (SSSR count). The second kappa shape index (κ2) is 9.82. The van der Waals surface area contributed by atoms with E-state index >= 15 is 0 Å². The Morgan fingerprint density at radius 1 is 1.10 bits per heavy atom. The fourth-order valence-electron chi connectivity index (χ4n) is 2.47. The summed E-state index contributed by atoms with van der Waals surface area (Å²) in [7, 11) is 0. The largest absolute Gasteiger partial charge is 0.372 e. The predicted octanol–water partition coefficient (Wildman–Crippen LogP) is 4.38. The van der Waals surface area contributed by atoms with Crippen LogP contribution in [0.15, 0.2) is 24.3 Å². The zero-order valence-electron chi connectivity index (χ0n) is 13.8. The van der Waals surface area contributed by atoms with E-state index in [0.29, 0.717) is 6.04 Å². The molecule has 0 fully saturated rings. The Hall–Kier alpha value is -1.02. The first-order valence-electron chi connectivity index (χ1n) is 8.18. The summed E-state index contributed by atoms with van der Waals surface area (Å²) in [6, 6.07) is 9.45. The Morgan fingerprint density at radius 2 is 1.85 bits per heavy atom. The Morgan fingerprint density at radius 3 is 2.50 bits per heavy atom. The molecule has 0 unspecified atom stereocenters. The van der Waals surface area contributed by atoms with E-state index in [2.05, 4.69) is 62.2 Å². The Balaban J connectivity index is 2.19. The average molecular weight is 276 g/mol. The molecule has 0 aliphatic rings. The molecule has 2 nitrogen and oxygen atoms in total. The molecule has 0 spiro atoms. The maximum Gasteiger partial charge on any atom is 0.0368 e. The first kappa shape index (κ1) is 17.0. The van der Waals surface area contributed by atoms with Crippen LogP contribution in [-0.2, 0) is 0 Å². The van der Waals surface area contributed by atoms with E-state index in [0.717, 1.165) is 13.1 Å². The summed E-state index contributed by atoms with van der Waals surface area (Å²) in [4.78, 5) is 2.49. The third kappa shape index (κ3) is 6.95. The van der Waals surface area contributed by atoms with Crippen LogP contribution >= 0.6 is 0 Å². The highest BCUT2D eigenvalue weighted by molar-refractivity contribution is 5.48. The molecule has 114 valence electrons. The summed E-state index contributed by atoms with van der Waals surface area (Å²) in [5.41, 5.74) is 2.72. The van der Waals surface area contributed by atoms with Gasteiger partial charge in [-0.1, -0.05) is 38.8 Å². The van der Waals surface area contributed by atoms with Gasteiger partial charge < -0.3 is 10.2 Å². The number of benzene rings is 1. The summed E-state index contributed by atoms with van der Waals surface area (Å²) in [5.74, 6) is 0. The molecule has 0 amide bonds. The third-order valence-electron chi connectivity index (χ3n) is 3.66. The van der Waals surface area contributed by atoms with E-state index in [1.165, 1.54) is 43.5 Å². The normalized spacial score (nSPS) is 11.1. The first-order valence-corrected chi connectivity index (χ1v) is 8.18. The molecule has 0 heterocycles. The molecule has 0 saturated carbocycles. The molecule has 1 aromatic carbocycles. The van der Waals surface area contributed by atoms with Crippen LogP contribution in [0.3, 0.4) is 0 Å². The van der Waals surface area contributed by atoms with Crippen molar-refractivity contribution in [1.82, 2.24) is 5.32 Å². The quantitative estimate of drug-likeness (QED) is 0.638. The fourth-order valence-corrected chi connectivity index (χ4v) is 2.47. The Labute approximate surface area is 125 Å². The summed E-state index contributed by atoms with van der Waals surface area (Å²) < 4.78 is 0. The molecular formula is C18H32N2. The van der Waals surface area contributed by atoms with Gasteiger partial charge in [-0.2, -0.15) is 0 Å². The Bertz CT molecular complexity index is 360. The summed E-state index contributed by atoms with van der Waals surface area (Å²) in [5, 5.41) is 3.48. The van der Waals surface area contributed by atoms with Crippen LogP contribution in [0.25, 0.3) is 0 Å². The van der Waals surface area contributed by atoms with Gasteiger partial charge >= 0.3 is 0 Å². The molecular weight excluding hydrogens is 244 g/mol. The van der Waals surface area contributed by atoms with Gasteiger partial charge in [-0.3, -0.25) is 0 Å². The first-order chi connectivity index (χ1) is 9.63. The van der Waals surface area contributed by atoms with Gasteiger partial charge in [0.15, 0.2) is 0 Å². The van der Waals surface area contributed by atoms with Crippen molar-refractivity contribution in [2.45, 2.75) is 59.4 Å². The zero-order valence-corrected chi connectivity index (χ0v) is 13.8. The lowest BCUT2D eigenvalue weighted by molar-refractivity contribution is 0.540. The van der Waals surface area contributed by atoms with Gasteiger partial charge in [-0.15, -0.1) is 0 Å². The maximum absolute atomic E-state index is 3.48. The minimum atomic E-state index is 0.618. The number of nitrogens with one attached hydrogen (secondary N) is 1. The molecule has 0 aromatic heterocycles. The maximum atomic E-state index is 3.48. The Kier molecular flexibility index (Phi) is 8.36. The number of unbranched alkanes of at least 4 members (excludes halogenated alkanes) is 3. The van der Waals surface area contributed by atoms with Gasteiger partial charge in [-0.25, -0.2) is 0 Å². The van der Waals surface area contributed by atoms with Crippen LogP contribution in [0.1, 0.15) is 52.0 Å². The topological polar surface area (TPSA) is 15.3 Å². The van der Waals surface area contributed by atoms with Crippen molar-refractivity contribution in [3.05, 3.63) is 29.8 Å². The predicted molar refractivity (Wildman–Crippen MR) is 90.7 cm³/mol. The van der Waals surface area contributed by atoms with E-state index < -0.39 is 0 Å². The van der Waals surface area contributed by atoms with Crippen LogP contribution in [0, 0.1) is 6.92 Å². The lowest BCUT2D eigenvalue weighted by atomic mass is 10.1. The molecule has 1 N–H and O–H groups in total. The highest BCUT2D eigenvalue weighted by Gasteiger charge is 2.03. The molecule has 0 saturated heterocycles. The fraction of sp³-hybridized carbons (Fsp3) is 0.667. The summed E-state index contributed by atoms with van der Waals surface area (Å²) in [6.45, 7) is 12.3. The summed E-state index contributed by atoms with van der Waals surface area (Å²) >= 11 is 0. The summed E-state index contributed by atoms with van der Waals surface area (Å²) in [6.07, 6.45) is 5.27. The van der Waals surface area contributed by atoms with E-state index in [-0.39, 0.29) is 0 Å². The smallest absolute Gasteiger partial charge is 0.0368 e. The van der Waals surface area contributed by atoms with Crippen LogP contribution in [-0.4, -0.2) is 25.7 Å². The third-order valence-corrected chi connectivity index (χ3v) is 3.66. The molecule has 0 aliphatic heterocycles. The molecule has 0 radical (unpaired) electrons. The van der Waals surface area contributed by atoms with Crippen molar-refractivity contribution in [2.75, 3.05) is 24.5 Å². The van der Waals surface area contributed by atoms with Crippen LogP contribution < -0.4 is 10.2 Å². The van der Waals surface area contributed by atoms with Crippen molar-refractivity contribution < 1.29 is 0 Å². The zero-order chi connectivity index (χ0) is 14.8. The molecule has 1 aromatic rings. The molecule has 0 aliphatic carbocycles. The van der Waals surface area contributed by atoms with Crippen molar-refractivity contribution in [3.63, 3.8) is 0 Å². The van der Waals surface area contributed by atoms with Gasteiger partial charge in [0.05, 0.1) is 0 Å². The number of anilines is 1. The van der Waals surface area contributed by atoms with E-state index in [1.54, 1.807) is 0 Å². The van der Waals surface area contributed by atoms with Crippen LogP contribution in [0.4, 0.5) is 5.69 Å². The van der Waals surface area contributed by atoms with Crippen LogP contribution in [0.5, 0.6) is 0 Å². The lowest BCUT2D eigenvalue weighted by Gasteiger charge is -2.23. The second-order valence-electron chi connectivity index (χ2n) is 5.94. The second-order valence-corrected chi connectivity index (χ2v) is 5.94. The lowest BCUT2D eigenvalue weighted by Crippen LogP contribution is -2.24. The standard InChI is InChI=1S/C18H32N2/c1-5-20(18-12-10-11-17(4)15-18)14-9-7-6-8-13-19-16(2)3/h10-12,15-16,19H,5-9,13-14H2,1-4H3. The number of hydrogen-bond acceptors (Lipinski definition) is 2. The van der Waals surface area contributed by atoms with Crippen molar-refractivity contribution in [1.29, 1.82) is 0 Å². The highest BCUT2D eigenvalue weighted by Crippen LogP contribution is 2.16.